The van der Waals surface area contributed by atoms with Crippen molar-refractivity contribution in [2.75, 3.05) is 16.4 Å². The third-order valence-corrected chi connectivity index (χ3v) is 7.30. The summed E-state index contributed by atoms with van der Waals surface area (Å²) in [5, 5.41) is 15.2. The molecule has 4 aromatic rings. The molecule has 0 spiro atoms. The number of aromatic nitrogens is 4. The van der Waals surface area contributed by atoms with E-state index in [9.17, 15) is 18.0 Å². The van der Waals surface area contributed by atoms with E-state index in [4.69, 9.17) is 0 Å². The number of carbonyl (C=O) groups is 2. The lowest BCUT2D eigenvalue weighted by atomic mass is 10.1. The molecule has 2 heterocycles. The zero-order valence-corrected chi connectivity index (χ0v) is 19.8. The Labute approximate surface area is 196 Å². The van der Waals surface area contributed by atoms with Crippen LogP contribution in [0.5, 0.6) is 0 Å². The molecule has 34 heavy (non-hydrogen) atoms. The normalized spacial score (nSPS) is 11.5. The van der Waals surface area contributed by atoms with E-state index in [0.717, 1.165) is 16.5 Å². The number of rotatable bonds is 7. The van der Waals surface area contributed by atoms with Crippen molar-refractivity contribution in [2.24, 2.45) is 14.1 Å². The molecule has 176 valence electrons. The smallest absolute Gasteiger partial charge is 0.276 e. The summed E-state index contributed by atoms with van der Waals surface area (Å²) < 4.78 is 28.5. The molecule has 0 unspecified atom stereocenters. The van der Waals surface area contributed by atoms with Crippen LogP contribution >= 0.6 is 0 Å². The summed E-state index contributed by atoms with van der Waals surface area (Å²) in [5.41, 5.74) is 1.62. The van der Waals surface area contributed by atoms with E-state index < -0.39 is 21.7 Å². The number of amides is 2. The van der Waals surface area contributed by atoms with Crippen LogP contribution in [0.2, 0.25) is 0 Å². The fourth-order valence-corrected chi connectivity index (χ4v) is 4.79. The highest BCUT2D eigenvalue weighted by Gasteiger charge is 2.22. The quantitative estimate of drug-likeness (QED) is 0.419. The molecule has 2 aromatic heterocycles. The molecule has 0 radical (unpaired) electrons. The van der Waals surface area contributed by atoms with Crippen molar-refractivity contribution in [3.8, 4) is 0 Å². The lowest BCUT2D eigenvalue weighted by Crippen LogP contribution is -2.21. The first kappa shape index (κ1) is 23.2. The van der Waals surface area contributed by atoms with Gasteiger partial charge in [-0.1, -0.05) is 30.3 Å². The van der Waals surface area contributed by atoms with Gasteiger partial charge < -0.3 is 10.6 Å². The zero-order chi connectivity index (χ0) is 24.5. The first-order chi connectivity index (χ1) is 16.2. The number of benzene rings is 2. The SMILES string of the molecule is Cc1c(NC(=O)c2c(NC(=O)CCS(=O)(=O)c3ccc4ccccc4c3)cnn2C)cnn1C. The monoisotopic (exact) mass is 480 g/mol. The second-order valence-electron chi connectivity index (χ2n) is 7.88. The molecule has 10 nitrogen and oxygen atoms in total. The number of nitrogens with zero attached hydrogens (tertiary/aromatic N) is 4. The van der Waals surface area contributed by atoms with Gasteiger partial charge in [0.05, 0.1) is 40.1 Å². The van der Waals surface area contributed by atoms with Crippen molar-refractivity contribution in [1.82, 2.24) is 19.6 Å². The molecule has 0 bridgehead atoms. The van der Waals surface area contributed by atoms with E-state index >= 15 is 0 Å². The van der Waals surface area contributed by atoms with Crippen LogP contribution in [0.25, 0.3) is 10.8 Å². The van der Waals surface area contributed by atoms with E-state index in [-0.39, 0.29) is 28.5 Å². The number of aryl methyl sites for hydroxylation is 2. The van der Waals surface area contributed by atoms with Crippen LogP contribution in [0.15, 0.2) is 59.8 Å². The maximum atomic E-state index is 12.8. The number of sulfone groups is 1. The molecular formula is C23H24N6O4S. The van der Waals surface area contributed by atoms with Crippen molar-refractivity contribution < 1.29 is 18.0 Å². The van der Waals surface area contributed by atoms with Gasteiger partial charge >= 0.3 is 0 Å². The number of hydrogen-bond donors (Lipinski definition) is 2. The lowest BCUT2D eigenvalue weighted by Gasteiger charge is -2.09. The van der Waals surface area contributed by atoms with Crippen molar-refractivity contribution in [3.05, 3.63) is 66.2 Å². The molecule has 0 saturated carbocycles. The number of hydrogen-bond acceptors (Lipinski definition) is 6. The van der Waals surface area contributed by atoms with Crippen LogP contribution in [0.3, 0.4) is 0 Å². The molecule has 0 atom stereocenters. The van der Waals surface area contributed by atoms with E-state index in [1.165, 1.54) is 17.1 Å². The fourth-order valence-electron chi connectivity index (χ4n) is 3.52. The van der Waals surface area contributed by atoms with Crippen molar-refractivity contribution in [1.29, 1.82) is 0 Å². The molecule has 2 N–H and O–H groups in total. The third kappa shape index (κ3) is 4.69. The minimum atomic E-state index is -3.67. The standard InChI is InChI=1S/C23H24N6O4S/c1-15-19(13-24-28(15)2)27-23(31)22-20(14-25-29(22)3)26-21(30)10-11-34(32,33)18-9-8-16-6-4-5-7-17(16)12-18/h4-9,12-14H,10-11H2,1-3H3,(H,26,30)(H,27,31). The molecule has 0 saturated heterocycles. The van der Waals surface area contributed by atoms with Crippen LogP contribution in [0.1, 0.15) is 22.6 Å². The molecule has 0 aliphatic heterocycles. The number of carbonyl (C=O) groups excluding carboxylic acids is 2. The first-order valence-corrected chi connectivity index (χ1v) is 12.1. The van der Waals surface area contributed by atoms with E-state index in [1.54, 1.807) is 37.0 Å². The van der Waals surface area contributed by atoms with Gasteiger partial charge in [0, 0.05) is 20.5 Å². The van der Waals surface area contributed by atoms with Gasteiger partial charge in [-0.3, -0.25) is 19.0 Å². The minimum Gasteiger partial charge on any atom is -0.323 e. The Morgan fingerprint density at radius 2 is 1.59 bits per heavy atom. The Hall–Kier alpha value is -3.99. The Bertz CT molecular complexity index is 1500. The second-order valence-corrected chi connectivity index (χ2v) is 9.99. The molecule has 0 fully saturated rings. The molecule has 11 heteroatoms. The van der Waals surface area contributed by atoms with Gasteiger partial charge in [-0.25, -0.2) is 8.42 Å². The highest BCUT2D eigenvalue weighted by atomic mass is 32.2. The summed E-state index contributed by atoms with van der Waals surface area (Å²) in [5.74, 6) is -1.38. The van der Waals surface area contributed by atoms with Crippen LogP contribution in [0, 0.1) is 6.92 Å². The molecule has 2 amide bonds. The van der Waals surface area contributed by atoms with Crippen LogP contribution in [0.4, 0.5) is 11.4 Å². The topological polar surface area (TPSA) is 128 Å². The minimum absolute atomic E-state index is 0.133. The fraction of sp³-hybridized carbons (Fsp3) is 0.217. The third-order valence-electron chi connectivity index (χ3n) is 5.59. The van der Waals surface area contributed by atoms with Crippen LogP contribution < -0.4 is 10.6 Å². The average molecular weight is 481 g/mol. The maximum Gasteiger partial charge on any atom is 0.276 e. The molecule has 4 rings (SSSR count). The Balaban J connectivity index is 1.44. The van der Waals surface area contributed by atoms with E-state index in [0.29, 0.717) is 5.69 Å². The van der Waals surface area contributed by atoms with Crippen molar-refractivity contribution in [2.45, 2.75) is 18.2 Å². The van der Waals surface area contributed by atoms with Crippen molar-refractivity contribution >= 4 is 43.8 Å². The molecule has 0 aliphatic rings. The van der Waals surface area contributed by atoms with Crippen LogP contribution in [-0.4, -0.2) is 45.5 Å². The Morgan fingerprint density at radius 1 is 0.912 bits per heavy atom. The zero-order valence-electron chi connectivity index (χ0n) is 18.9. The summed E-state index contributed by atoms with van der Waals surface area (Å²) >= 11 is 0. The molecular weight excluding hydrogens is 456 g/mol. The molecule has 2 aromatic carbocycles. The summed E-state index contributed by atoms with van der Waals surface area (Å²) in [6.45, 7) is 1.81. The Morgan fingerprint density at radius 3 is 2.29 bits per heavy atom. The summed E-state index contributed by atoms with van der Waals surface area (Å²) in [6, 6.07) is 12.3. The van der Waals surface area contributed by atoms with Crippen LogP contribution in [-0.2, 0) is 28.7 Å². The van der Waals surface area contributed by atoms with Crippen molar-refractivity contribution in [3.63, 3.8) is 0 Å². The van der Waals surface area contributed by atoms with E-state index in [1.807, 2.05) is 31.2 Å². The number of anilines is 2. The van der Waals surface area contributed by atoms with Gasteiger partial charge in [0.2, 0.25) is 5.91 Å². The van der Waals surface area contributed by atoms with Gasteiger partial charge in [0.15, 0.2) is 9.84 Å². The van der Waals surface area contributed by atoms with Gasteiger partial charge in [-0.05, 0) is 29.8 Å². The van der Waals surface area contributed by atoms with Gasteiger partial charge in [0.1, 0.15) is 5.69 Å². The highest BCUT2D eigenvalue weighted by molar-refractivity contribution is 7.91. The second kappa shape index (κ2) is 9.10. The van der Waals surface area contributed by atoms with E-state index in [2.05, 4.69) is 20.8 Å². The lowest BCUT2D eigenvalue weighted by molar-refractivity contribution is -0.115. The van der Waals surface area contributed by atoms with Gasteiger partial charge in [-0.2, -0.15) is 10.2 Å². The predicted molar refractivity (Wildman–Crippen MR) is 128 cm³/mol. The number of fused-ring (bicyclic) bond motifs is 1. The maximum absolute atomic E-state index is 12.8. The van der Waals surface area contributed by atoms with Gasteiger partial charge in [-0.15, -0.1) is 0 Å². The number of nitrogens with one attached hydrogen (secondary N) is 2. The highest BCUT2D eigenvalue weighted by Crippen LogP contribution is 2.22. The largest absolute Gasteiger partial charge is 0.323 e. The average Bonchev–Trinajstić information content (AvgIpc) is 3.33. The summed E-state index contributed by atoms with van der Waals surface area (Å²) in [4.78, 5) is 25.5. The summed E-state index contributed by atoms with van der Waals surface area (Å²) in [7, 11) is -0.343. The predicted octanol–water partition coefficient (Wildman–Crippen LogP) is 2.67. The Kier molecular flexibility index (Phi) is 6.20. The van der Waals surface area contributed by atoms with Gasteiger partial charge in [0.25, 0.3) is 5.91 Å². The summed E-state index contributed by atoms with van der Waals surface area (Å²) in [6.07, 6.45) is 2.60. The molecule has 0 aliphatic carbocycles. The first-order valence-electron chi connectivity index (χ1n) is 10.5.